The molecule has 0 radical (unpaired) electrons. The molecule has 2 nitrogen and oxygen atoms in total. The van der Waals surface area contributed by atoms with Gasteiger partial charge in [-0.25, -0.2) is 0 Å². The van der Waals surface area contributed by atoms with Crippen LogP contribution in [0, 0.1) is 5.92 Å². The molecule has 1 fully saturated rings. The number of hydrogen-bond donors (Lipinski definition) is 1. The van der Waals surface area contributed by atoms with Crippen molar-refractivity contribution >= 4 is 0 Å². The van der Waals surface area contributed by atoms with Crippen LogP contribution in [0.1, 0.15) is 24.8 Å². The average Bonchev–Trinajstić information content (AvgIpc) is 2.27. The Labute approximate surface area is 98.0 Å². The van der Waals surface area contributed by atoms with Crippen LogP contribution in [0.2, 0.25) is 0 Å². The minimum Gasteiger partial charge on any atom is -0.497 e. The Morgan fingerprint density at radius 3 is 2.94 bits per heavy atom. The summed E-state index contributed by atoms with van der Waals surface area (Å²) < 4.78 is 5.21. The van der Waals surface area contributed by atoms with Crippen LogP contribution < -0.4 is 10.1 Å². The van der Waals surface area contributed by atoms with Gasteiger partial charge < -0.3 is 10.1 Å². The maximum Gasteiger partial charge on any atom is 0.119 e. The van der Waals surface area contributed by atoms with Gasteiger partial charge >= 0.3 is 0 Å². The van der Waals surface area contributed by atoms with Crippen LogP contribution in [-0.2, 0) is 6.42 Å². The highest BCUT2D eigenvalue weighted by atomic mass is 16.5. The van der Waals surface area contributed by atoms with Gasteiger partial charge in [0.2, 0.25) is 0 Å². The van der Waals surface area contributed by atoms with Gasteiger partial charge in [-0.15, -0.1) is 0 Å². The van der Waals surface area contributed by atoms with Crippen LogP contribution in [0.4, 0.5) is 0 Å². The van der Waals surface area contributed by atoms with Gasteiger partial charge in [-0.05, 0) is 56.0 Å². The molecule has 1 aliphatic carbocycles. The highest BCUT2D eigenvalue weighted by Crippen LogP contribution is 2.25. The second-order valence-corrected chi connectivity index (χ2v) is 4.60. The van der Waals surface area contributed by atoms with Crippen LogP contribution in [0.15, 0.2) is 24.3 Å². The Morgan fingerprint density at radius 2 is 2.25 bits per heavy atom. The maximum atomic E-state index is 5.21. The third-order valence-corrected chi connectivity index (χ3v) is 3.38. The molecule has 1 aromatic rings. The molecule has 0 saturated heterocycles. The van der Waals surface area contributed by atoms with E-state index in [-0.39, 0.29) is 0 Å². The Balaban J connectivity index is 1.67. The quantitative estimate of drug-likeness (QED) is 0.743. The first kappa shape index (κ1) is 11.5. The molecule has 2 heteroatoms. The van der Waals surface area contributed by atoms with Crippen molar-refractivity contribution in [3.05, 3.63) is 29.8 Å². The molecule has 2 rings (SSSR count). The molecular weight excluding hydrogens is 198 g/mol. The number of nitrogens with one attached hydrogen (secondary N) is 1. The van der Waals surface area contributed by atoms with E-state index < -0.39 is 0 Å². The van der Waals surface area contributed by atoms with E-state index in [1.165, 1.54) is 31.4 Å². The predicted octanol–water partition coefficient (Wildman–Crippen LogP) is 2.63. The zero-order valence-corrected chi connectivity index (χ0v) is 10.0. The lowest BCUT2D eigenvalue weighted by Gasteiger charge is -2.25. The van der Waals surface area contributed by atoms with Crippen molar-refractivity contribution in [3.63, 3.8) is 0 Å². The van der Waals surface area contributed by atoms with E-state index in [0.717, 1.165) is 24.6 Å². The van der Waals surface area contributed by atoms with Gasteiger partial charge in [-0.3, -0.25) is 0 Å². The van der Waals surface area contributed by atoms with E-state index in [1.807, 2.05) is 6.07 Å². The van der Waals surface area contributed by atoms with E-state index >= 15 is 0 Å². The van der Waals surface area contributed by atoms with Gasteiger partial charge in [-0.2, -0.15) is 0 Å². The largest absolute Gasteiger partial charge is 0.497 e. The first-order valence-corrected chi connectivity index (χ1v) is 6.22. The third kappa shape index (κ3) is 3.24. The summed E-state index contributed by atoms with van der Waals surface area (Å²) in [6, 6.07) is 8.32. The minimum atomic E-state index is 0.949. The molecule has 0 atom stereocenters. The molecule has 1 aliphatic rings. The number of benzene rings is 1. The van der Waals surface area contributed by atoms with Gasteiger partial charge in [0, 0.05) is 0 Å². The van der Waals surface area contributed by atoms with E-state index in [2.05, 4.69) is 23.5 Å². The molecule has 0 aromatic heterocycles. The van der Waals surface area contributed by atoms with Crippen LogP contribution in [0.25, 0.3) is 0 Å². The molecule has 1 aromatic carbocycles. The second kappa shape index (κ2) is 5.90. The molecule has 1 saturated carbocycles. The summed E-state index contributed by atoms with van der Waals surface area (Å²) in [5, 5.41) is 3.53. The van der Waals surface area contributed by atoms with Gasteiger partial charge in [0.15, 0.2) is 0 Å². The van der Waals surface area contributed by atoms with E-state index in [9.17, 15) is 0 Å². The lowest BCUT2D eigenvalue weighted by atomic mass is 9.85. The van der Waals surface area contributed by atoms with Crippen molar-refractivity contribution in [2.24, 2.45) is 5.92 Å². The SMILES string of the molecule is COc1cccc(CCNCC2CCC2)c1. The number of rotatable bonds is 6. The van der Waals surface area contributed by atoms with Gasteiger partial charge in [0.05, 0.1) is 7.11 Å². The van der Waals surface area contributed by atoms with Gasteiger partial charge in [0.1, 0.15) is 5.75 Å². The predicted molar refractivity (Wildman–Crippen MR) is 66.9 cm³/mol. The maximum absolute atomic E-state index is 5.21. The fraction of sp³-hybridized carbons (Fsp3) is 0.571. The average molecular weight is 219 g/mol. The van der Waals surface area contributed by atoms with E-state index in [0.29, 0.717) is 0 Å². The molecule has 0 bridgehead atoms. The summed E-state index contributed by atoms with van der Waals surface area (Å²) in [6.45, 7) is 2.27. The fourth-order valence-electron chi connectivity index (χ4n) is 2.06. The van der Waals surface area contributed by atoms with Crippen molar-refractivity contribution in [1.82, 2.24) is 5.32 Å². The molecule has 0 aliphatic heterocycles. The molecule has 16 heavy (non-hydrogen) atoms. The van der Waals surface area contributed by atoms with E-state index in [1.54, 1.807) is 7.11 Å². The zero-order valence-electron chi connectivity index (χ0n) is 10.0. The Hall–Kier alpha value is -1.02. The van der Waals surface area contributed by atoms with Gasteiger partial charge in [0.25, 0.3) is 0 Å². The first-order chi connectivity index (χ1) is 7.88. The number of hydrogen-bond acceptors (Lipinski definition) is 2. The molecule has 0 spiro atoms. The summed E-state index contributed by atoms with van der Waals surface area (Å²) in [6.07, 6.45) is 5.37. The standard InChI is InChI=1S/C14H21NO/c1-16-14-7-3-4-12(10-14)8-9-15-11-13-5-2-6-13/h3-4,7,10,13,15H,2,5-6,8-9,11H2,1H3. The fourth-order valence-corrected chi connectivity index (χ4v) is 2.06. The van der Waals surface area contributed by atoms with Crippen LogP contribution in [-0.4, -0.2) is 20.2 Å². The summed E-state index contributed by atoms with van der Waals surface area (Å²) >= 11 is 0. The third-order valence-electron chi connectivity index (χ3n) is 3.38. The molecule has 88 valence electrons. The van der Waals surface area contributed by atoms with Crippen LogP contribution in [0.5, 0.6) is 5.75 Å². The second-order valence-electron chi connectivity index (χ2n) is 4.60. The van der Waals surface area contributed by atoms with Crippen LogP contribution in [0.3, 0.4) is 0 Å². The molecule has 0 amide bonds. The number of methoxy groups -OCH3 is 1. The molecule has 0 heterocycles. The lowest BCUT2D eigenvalue weighted by Crippen LogP contribution is -2.28. The summed E-state index contributed by atoms with van der Waals surface area (Å²) in [4.78, 5) is 0. The minimum absolute atomic E-state index is 0.949. The highest BCUT2D eigenvalue weighted by Gasteiger charge is 2.15. The zero-order chi connectivity index (χ0) is 11.2. The topological polar surface area (TPSA) is 21.3 Å². The van der Waals surface area contributed by atoms with Crippen molar-refractivity contribution in [2.45, 2.75) is 25.7 Å². The number of ether oxygens (including phenoxy) is 1. The molecule has 1 N–H and O–H groups in total. The lowest BCUT2D eigenvalue weighted by molar-refractivity contribution is 0.302. The Bertz CT molecular complexity index is 320. The summed E-state index contributed by atoms with van der Waals surface area (Å²) in [5.74, 6) is 1.90. The van der Waals surface area contributed by atoms with Gasteiger partial charge in [-0.1, -0.05) is 18.6 Å². The summed E-state index contributed by atoms with van der Waals surface area (Å²) in [5.41, 5.74) is 1.35. The Morgan fingerprint density at radius 1 is 1.38 bits per heavy atom. The smallest absolute Gasteiger partial charge is 0.119 e. The normalized spacial score (nSPS) is 15.8. The molecule has 0 unspecified atom stereocenters. The van der Waals surface area contributed by atoms with Crippen molar-refractivity contribution in [1.29, 1.82) is 0 Å². The first-order valence-electron chi connectivity index (χ1n) is 6.22. The van der Waals surface area contributed by atoms with E-state index in [4.69, 9.17) is 4.74 Å². The molecular formula is C14H21NO. The van der Waals surface area contributed by atoms with Crippen molar-refractivity contribution in [2.75, 3.05) is 20.2 Å². The summed E-state index contributed by atoms with van der Waals surface area (Å²) in [7, 11) is 1.72. The van der Waals surface area contributed by atoms with Crippen molar-refractivity contribution < 1.29 is 4.74 Å². The van der Waals surface area contributed by atoms with Crippen molar-refractivity contribution in [3.8, 4) is 5.75 Å². The van der Waals surface area contributed by atoms with Crippen LogP contribution >= 0.6 is 0 Å². The Kier molecular flexibility index (Phi) is 4.23. The monoisotopic (exact) mass is 219 g/mol. The highest BCUT2D eigenvalue weighted by molar-refractivity contribution is 5.28.